The molecule has 0 radical (unpaired) electrons. The van der Waals surface area contributed by atoms with E-state index in [2.05, 4.69) is 16.9 Å². The Morgan fingerprint density at radius 3 is 3.00 bits per heavy atom. The van der Waals surface area contributed by atoms with Crippen molar-refractivity contribution in [2.24, 2.45) is 4.99 Å². The van der Waals surface area contributed by atoms with E-state index in [1.807, 2.05) is 26.0 Å². The molecule has 0 saturated carbocycles. The lowest BCUT2D eigenvalue weighted by Gasteiger charge is -2.19. The number of hydrogen-bond donors (Lipinski definition) is 1. The number of rotatable bonds is 2. The van der Waals surface area contributed by atoms with Gasteiger partial charge in [-0.2, -0.15) is 0 Å². The van der Waals surface area contributed by atoms with Crippen molar-refractivity contribution in [2.45, 2.75) is 20.3 Å². The Morgan fingerprint density at radius 1 is 1.47 bits per heavy atom. The molecule has 2 rings (SSSR count). The summed E-state index contributed by atoms with van der Waals surface area (Å²) < 4.78 is 5.91. The first kappa shape index (κ1) is 11.9. The third-order valence-corrected chi connectivity index (χ3v) is 2.89. The van der Waals surface area contributed by atoms with E-state index in [1.165, 1.54) is 5.57 Å². The maximum atomic E-state index is 5.91. The van der Waals surface area contributed by atoms with Crippen LogP contribution in [0.3, 0.4) is 0 Å². The van der Waals surface area contributed by atoms with Gasteiger partial charge in [0, 0.05) is 11.3 Å². The van der Waals surface area contributed by atoms with Crippen LogP contribution in [0.4, 0.5) is 0 Å². The molecule has 2 aliphatic rings. The van der Waals surface area contributed by atoms with Crippen LogP contribution in [0.5, 0.6) is 0 Å². The molecular formula is C14H18N2O. The van der Waals surface area contributed by atoms with E-state index < -0.39 is 0 Å². The highest BCUT2D eigenvalue weighted by molar-refractivity contribution is 6.00. The molecule has 0 atom stereocenters. The van der Waals surface area contributed by atoms with Gasteiger partial charge in [0.1, 0.15) is 11.5 Å². The molecule has 0 bridgehead atoms. The molecule has 2 aliphatic heterocycles. The van der Waals surface area contributed by atoms with Gasteiger partial charge in [0.25, 0.3) is 0 Å². The number of allylic oxidation sites excluding steroid dienone is 3. The Bertz CT molecular complexity index is 453. The molecule has 3 heteroatoms. The monoisotopic (exact) mass is 230 g/mol. The molecule has 0 spiro atoms. The van der Waals surface area contributed by atoms with Crippen LogP contribution in [0.25, 0.3) is 0 Å². The van der Waals surface area contributed by atoms with Crippen molar-refractivity contribution in [1.29, 1.82) is 0 Å². The van der Waals surface area contributed by atoms with E-state index in [0.717, 1.165) is 42.4 Å². The van der Waals surface area contributed by atoms with Crippen LogP contribution in [0.15, 0.2) is 52.6 Å². The van der Waals surface area contributed by atoms with Crippen molar-refractivity contribution >= 4 is 5.71 Å². The summed E-state index contributed by atoms with van der Waals surface area (Å²) in [6.45, 7) is 9.55. The zero-order chi connectivity index (χ0) is 12.3. The summed E-state index contributed by atoms with van der Waals surface area (Å²) in [4.78, 5) is 4.63. The minimum absolute atomic E-state index is 0.733. The van der Waals surface area contributed by atoms with Crippen LogP contribution in [-0.2, 0) is 4.74 Å². The van der Waals surface area contributed by atoms with Gasteiger partial charge in [0.05, 0.1) is 6.54 Å². The zero-order valence-electron chi connectivity index (χ0n) is 10.4. The smallest absolute Gasteiger partial charge is 0.152 e. The second-order valence-electron chi connectivity index (χ2n) is 4.08. The fourth-order valence-electron chi connectivity index (χ4n) is 2.05. The van der Waals surface area contributed by atoms with Gasteiger partial charge in [-0.15, -0.1) is 0 Å². The highest BCUT2D eigenvalue weighted by Crippen LogP contribution is 2.26. The third kappa shape index (κ3) is 2.39. The Kier molecular flexibility index (Phi) is 3.59. The molecular weight excluding hydrogens is 212 g/mol. The predicted octanol–water partition coefficient (Wildman–Crippen LogP) is 2.70. The summed E-state index contributed by atoms with van der Waals surface area (Å²) >= 11 is 0. The third-order valence-electron chi connectivity index (χ3n) is 2.89. The maximum Gasteiger partial charge on any atom is 0.152 e. The summed E-state index contributed by atoms with van der Waals surface area (Å²) in [6.07, 6.45) is 6.60. The average molecular weight is 230 g/mol. The molecule has 0 aromatic heterocycles. The first-order valence-electron chi connectivity index (χ1n) is 5.92. The van der Waals surface area contributed by atoms with Gasteiger partial charge >= 0.3 is 0 Å². The molecule has 0 unspecified atom stereocenters. The lowest BCUT2D eigenvalue weighted by molar-refractivity contribution is 0.294. The van der Waals surface area contributed by atoms with Gasteiger partial charge in [-0.1, -0.05) is 12.7 Å². The molecule has 0 fully saturated rings. The Hall–Kier alpha value is -1.61. The molecule has 90 valence electrons. The van der Waals surface area contributed by atoms with Crippen molar-refractivity contribution < 1.29 is 4.74 Å². The van der Waals surface area contributed by atoms with E-state index in [0.29, 0.717) is 0 Å². The van der Waals surface area contributed by atoms with E-state index in [-0.39, 0.29) is 0 Å². The Morgan fingerprint density at radius 2 is 2.29 bits per heavy atom. The van der Waals surface area contributed by atoms with Gasteiger partial charge in [0.2, 0.25) is 0 Å². The van der Waals surface area contributed by atoms with Gasteiger partial charge in [0.15, 0.2) is 5.76 Å². The summed E-state index contributed by atoms with van der Waals surface area (Å²) in [6, 6.07) is 0. The van der Waals surface area contributed by atoms with Crippen molar-refractivity contribution in [3.8, 4) is 0 Å². The topological polar surface area (TPSA) is 33.6 Å². The number of hydrogen-bond acceptors (Lipinski definition) is 3. The van der Waals surface area contributed by atoms with Gasteiger partial charge in [-0.05, 0) is 39.0 Å². The lowest BCUT2D eigenvalue weighted by Crippen LogP contribution is -2.27. The van der Waals surface area contributed by atoms with E-state index in [4.69, 9.17) is 4.74 Å². The minimum Gasteiger partial charge on any atom is -0.458 e. The molecule has 0 amide bonds. The number of ether oxygens (including phenoxy) is 1. The molecule has 0 aromatic carbocycles. The second-order valence-corrected chi connectivity index (χ2v) is 4.08. The summed E-state index contributed by atoms with van der Waals surface area (Å²) in [7, 11) is 0. The molecule has 0 aromatic rings. The quantitative estimate of drug-likeness (QED) is 0.791. The van der Waals surface area contributed by atoms with Crippen LogP contribution in [0, 0.1) is 0 Å². The van der Waals surface area contributed by atoms with Crippen molar-refractivity contribution in [3.63, 3.8) is 0 Å². The van der Waals surface area contributed by atoms with Crippen LogP contribution in [0.1, 0.15) is 20.3 Å². The largest absolute Gasteiger partial charge is 0.458 e. The molecule has 2 heterocycles. The molecule has 3 nitrogen and oxygen atoms in total. The normalized spacial score (nSPS) is 20.9. The number of nitrogens with one attached hydrogen (secondary N) is 1. The van der Waals surface area contributed by atoms with Crippen molar-refractivity contribution in [1.82, 2.24) is 5.32 Å². The van der Waals surface area contributed by atoms with Crippen LogP contribution < -0.4 is 5.32 Å². The van der Waals surface area contributed by atoms with Crippen LogP contribution >= 0.6 is 0 Å². The van der Waals surface area contributed by atoms with Crippen molar-refractivity contribution in [2.75, 3.05) is 13.1 Å². The molecule has 1 N–H and O–H groups in total. The lowest BCUT2D eigenvalue weighted by atomic mass is 10.0. The highest BCUT2D eigenvalue weighted by atomic mass is 16.5. The Labute approximate surface area is 102 Å². The second kappa shape index (κ2) is 5.15. The fraction of sp³-hybridized carbons (Fsp3) is 0.357. The molecule has 17 heavy (non-hydrogen) atoms. The summed E-state index contributed by atoms with van der Waals surface area (Å²) in [5, 5.41) is 3.31. The number of nitrogens with zero attached hydrogens (tertiary/aromatic N) is 1. The first-order valence-corrected chi connectivity index (χ1v) is 5.92. The first-order chi connectivity index (χ1) is 8.26. The fourth-order valence-corrected chi connectivity index (χ4v) is 2.05. The SMILES string of the molecule is C=CC1=C(/C=C\C)N=C(C)C2=C(CNCC2)O1. The van der Waals surface area contributed by atoms with Gasteiger partial charge in [-0.25, -0.2) is 4.99 Å². The standard InChI is InChI=1S/C14H18N2O/c1-4-6-12-13(5-2)17-14-9-15-8-7-11(14)10(3)16-12/h4-6,15H,2,7-9H2,1,3H3/b6-4-. The molecule has 0 saturated heterocycles. The van der Waals surface area contributed by atoms with Crippen LogP contribution in [0.2, 0.25) is 0 Å². The maximum absolute atomic E-state index is 5.91. The van der Waals surface area contributed by atoms with Crippen molar-refractivity contribution in [3.05, 3.63) is 47.6 Å². The number of aliphatic imine (C=N–C) groups is 1. The van der Waals surface area contributed by atoms with Crippen LogP contribution in [-0.4, -0.2) is 18.8 Å². The highest BCUT2D eigenvalue weighted by Gasteiger charge is 2.20. The van der Waals surface area contributed by atoms with Gasteiger partial charge < -0.3 is 10.1 Å². The zero-order valence-corrected chi connectivity index (χ0v) is 10.4. The predicted molar refractivity (Wildman–Crippen MR) is 70.7 cm³/mol. The Balaban J connectivity index is 2.46. The summed E-state index contributed by atoms with van der Waals surface area (Å²) in [5.74, 6) is 1.71. The van der Waals surface area contributed by atoms with Gasteiger partial charge in [-0.3, -0.25) is 0 Å². The van der Waals surface area contributed by atoms with E-state index in [1.54, 1.807) is 6.08 Å². The van der Waals surface area contributed by atoms with E-state index >= 15 is 0 Å². The van der Waals surface area contributed by atoms with E-state index in [9.17, 15) is 0 Å². The molecule has 0 aliphatic carbocycles. The summed E-state index contributed by atoms with van der Waals surface area (Å²) in [5.41, 5.74) is 3.11. The minimum atomic E-state index is 0.733. The average Bonchev–Trinajstić information content (AvgIpc) is 2.48.